The van der Waals surface area contributed by atoms with Crippen molar-refractivity contribution in [1.29, 1.82) is 0 Å². The van der Waals surface area contributed by atoms with Gasteiger partial charge in [0, 0.05) is 21.1 Å². The van der Waals surface area contributed by atoms with Crippen LogP contribution in [0.1, 0.15) is 11.8 Å². The highest BCUT2D eigenvalue weighted by atomic mass is 16.5. The Bertz CT molecular complexity index is 1170. The van der Waals surface area contributed by atoms with Gasteiger partial charge >= 0.3 is 0 Å². The maximum atomic E-state index is 13.2. The standard InChI is InChI=1S/C23H31N7O5/c1-28(2)20-17-21(26-11-25-20)30(12-27-17)23-19(32)18(16(10-31)35-23)29(3)22(33)15(24)9-13-5-7-14(34-4)8-6-13/h5-8,11-12,15-16,18-19,23,31-32H,9-10,24H2,1-4H3/t15-,16+,18-,19+,23+/m1/s1. The number of amides is 1. The Balaban J connectivity index is 1.54. The van der Waals surface area contributed by atoms with Crippen molar-refractivity contribution in [2.45, 2.75) is 36.9 Å². The summed E-state index contributed by atoms with van der Waals surface area (Å²) in [6.07, 6.45) is 0.315. The van der Waals surface area contributed by atoms with Crippen LogP contribution in [0.2, 0.25) is 0 Å². The molecule has 3 aromatic rings. The van der Waals surface area contributed by atoms with Gasteiger partial charge in [-0.2, -0.15) is 0 Å². The monoisotopic (exact) mass is 485 g/mol. The molecule has 1 saturated heterocycles. The average Bonchev–Trinajstić information content (AvgIpc) is 3.43. The Kier molecular flexibility index (Phi) is 7.17. The fraction of sp³-hybridized carbons (Fsp3) is 0.478. The molecule has 4 N–H and O–H groups in total. The molecule has 4 rings (SSSR count). The molecule has 1 amide bonds. The lowest BCUT2D eigenvalue weighted by Gasteiger charge is -2.31. The van der Waals surface area contributed by atoms with E-state index in [0.717, 1.165) is 5.56 Å². The van der Waals surface area contributed by atoms with Crippen LogP contribution in [0.4, 0.5) is 5.82 Å². The van der Waals surface area contributed by atoms with Crippen LogP contribution in [0.25, 0.3) is 11.2 Å². The van der Waals surface area contributed by atoms with Gasteiger partial charge in [-0.05, 0) is 24.1 Å². The number of aliphatic hydroxyl groups excluding tert-OH is 2. The molecule has 5 atom stereocenters. The number of rotatable bonds is 8. The average molecular weight is 486 g/mol. The predicted molar refractivity (Wildman–Crippen MR) is 128 cm³/mol. The number of methoxy groups -OCH3 is 1. The summed E-state index contributed by atoms with van der Waals surface area (Å²) in [5.41, 5.74) is 8.11. The minimum atomic E-state index is -1.16. The molecule has 0 unspecified atom stereocenters. The van der Waals surface area contributed by atoms with Gasteiger partial charge in [-0.25, -0.2) is 15.0 Å². The second-order valence-corrected chi connectivity index (χ2v) is 8.75. The summed E-state index contributed by atoms with van der Waals surface area (Å²) in [4.78, 5) is 29.3. The Morgan fingerprint density at radius 1 is 1.23 bits per heavy atom. The van der Waals surface area contributed by atoms with Crippen LogP contribution >= 0.6 is 0 Å². The molecule has 0 bridgehead atoms. The fourth-order valence-electron chi connectivity index (χ4n) is 4.45. The number of aromatic nitrogens is 4. The quantitative estimate of drug-likeness (QED) is 0.382. The fourth-order valence-corrected chi connectivity index (χ4v) is 4.45. The van der Waals surface area contributed by atoms with Gasteiger partial charge in [0.05, 0.1) is 32.1 Å². The molecule has 12 heteroatoms. The molecular weight excluding hydrogens is 454 g/mol. The predicted octanol–water partition coefficient (Wildman–Crippen LogP) is -0.451. The lowest BCUT2D eigenvalue weighted by molar-refractivity contribution is -0.136. The zero-order valence-corrected chi connectivity index (χ0v) is 20.1. The third-order valence-corrected chi connectivity index (χ3v) is 6.28. The molecule has 1 aliphatic rings. The van der Waals surface area contributed by atoms with Crippen molar-refractivity contribution >= 4 is 22.9 Å². The Hall–Kier alpha value is -3.32. The van der Waals surface area contributed by atoms with E-state index >= 15 is 0 Å². The van der Waals surface area contributed by atoms with E-state index in [1.165, 1.54) is 17.6 Å². The molecule has 3 heterocycles. The number of imidazole rings is 1. The summed E-state index contributed by atoms with van der Waals surface area (Å²) in [6.45, 7) is -0.395. The van der Waals surface area contributed by atoms with Crippen LogP contribution in [0.15, 0.2) is 36.9 Å². The van der Waals surface area contributed by atoms with Gasteiger partial charge < -0.3 is 35.2 Å². The number of carbonyl (C=O) groups is 1. The Morgan fingerprint density at radius 3 is 2.57 bits per heavy atom. The molecule has 1 aliphatic heterocycles. The first-order valence-electron chi connectivity index (χ1n) is 11.2. The van der Waals surface area contributed by atoms with Crippen LogP contribution in [0, 0.1) is 0 Å². The highest BCUT2D eigenvalue weighted by molar-refractivity contribution is 5.83. The third-order valence-electron chi connectivity index (χ3n) is 6.28. The van der Waals surface area contributed by atoms with E-state index in [9.17, 15) is 15.0 Å². The van der Waals surface area contributed by atoms with Gasteiger partial charge in [-0.1, -0.05) is 12.1 Å². The van der Waals surface area contributed by atoms with E-state index in [0.29, 0.717) is 29.2 Å². The molecule has 12 nitrogen and oxygen atoms in total. The summed E-state index contributed by atoms with van der Waals surface area (Å²) >= 11 is 0. The Morgan fingerprint density at radius 2 is 1.94 bits per heavy atom. The van der Waals surface area contributed by atoms with Gasteiger partial charge in [0.15, 0.2) is 23.2 Å². The van der Waals surface area contributed by atoms with Gasteiger partial charge in [-0.15, -0.1) is 0 Å². The Labute approximate surface area is 202 Å². The van der Waals surface area contributed by atoms with E-state index in [2.05, 4.69) is 15.0 Å². The minimum Gasteiger partial charge on any atom is -0.497 e. The zero-order valence-electron chi connectivity index (χ0n) is 20.1. The SMILES string of the molecule is COc1ccc(C[C@@H](N)C(=O)N(C)[C@H]2[C@H](O)[C@@H](n3cnc4c(N(C)C)ncnc43)O[C@H]2CO)cc1. The van der Waals surface area contributed by atoms with Gasteiger partial charge in [0.1, 0.15) is 24.3 Å². The van der Waals surface area contributed by atoms with Crippen LogP contribution < -0.4 is 15.4 Å². The maximum Gasteiger partial charge on any atom is 0.240 e. The molecule has 2 aromatic heterocycles. The largest absolute Gasteiger partial charge is 0.497 e. The maximum absolute atomic E-state index is 13.2. The van der Waals surface area contributed by atoms with Gasteiger partial charge in [0.25, 0.3) is 0 Å². The lowest BCUT2D eigenvalue weighted by Crippen LogP contribution is -2.54. The van der Waals surface area contributed by atoms with E-state index < -0.39 is 37.1 Å². The van der Waals surface area contributed by atoms with Crippen molar-refractivity contribution in [3.63, 3.8) is 0 Å². The third kappa shape index (κ3) is 4.65. The van der Waals surface area contributed by atoms with Crippen LogP contribution in [-0.2, 0) is 16.0 Å². The number of hydrogen-bond donors (Lipinski definition) is 3. The number of aliphatic hydroxyl groups is 2. The number of carbonyl (C=O) groups excluding carboxylic acids is 1. The highest BCUT2D eigenvalue weighted by Gasteiger charge is 2.48. The van der Waals surface area contributed by atoms with Crippen LogP contribution in [0.5, 0.6) is 5.75 Å². The summed E-state index contributed by atoms with van der Waals surface area (Å²) < 4.78 is 12.7. The molecule has 0 aliphatic carbocycles. The minimum absolute atomic E-state index is 0.306. The van der Waals surface area contributed by atoms with Crippen molar-refractivity contribution in [2.24, 2.45) is 5.73 Å². The zero-order chi connectivity index (χ0) is 25.3. The number of likely N-dealkylation sites (N-methyl/N-ethyl adjacent to an activating group) is 1. The van der Waals surface area contributed by atoms with Gasteiger partial charge in [0.2, 0.25) is 5.91 Å². The first kappa shape index (κ1) is 24.8. The van der Waals surface area contributed by atoms with Crippen LogP contribution in [0.3, 0.4) is 0 Å². The van der Waals surface area contributed by atoms with Crippen molar-refractivity contribution in [3.05, 3.63) is 42.5 Å². The van der Waals surface area contributed by atoms with Crippen LogP contribution in [-0.4, -0.2) is 99.7 Å². The molecule has 0 radical (unpaired) electrons. The molecule has 0 saturated carbocycles. The van der Waals surface area contributed by atoms with Crippen molar-refractivity contribution in [3.8, 4) is 5.75 Å². The number of fused-ring (bicyclic) bond motifs is 1. The first-order valence-corrected chi connectivity index (χ1v) is 11.2. The molecule has 0 spiro atoms. The highest BCUT2D eigenvalue weighted by Crippen LogP contribution is 2.34. The van der Waals surface area contributed by atoms with E-state index in [1.54, 1.807) is 30.9 Å². The topological polar surface area (TPSA) is 152 Å². The summed E-state index contributed by atoms with van der Waals surface area (Å²) in [5.74, 6) is 0.956. The summed E-state index contributed by atoms with van der Waals surface area (Å²) in [7, 11) is 6.82. The summed E-state index contributed by atoms with van der Waals surface area (Å²) in [6, 6.07) is 5.63. The smallest absolute Gasteiger partial charge is 0.240 e. The molecule has 1 aromatic carbocycles. The number of ether oxygens (including phenoxy) is 2. The summed E-state index contributed by atoms with van der Waals surface area (Å²) in [5, 5.41) is 21.2. The van der Waals surface area contributed by atoms with E-state index in [1.807, 2.05) is 31.1 Å². The van der Waals surface area contributed by atoms with E-state index in [4.69, 9.17) is 15.2 Å². The lowest BCUT2D eigenvalue weighted by atomic mass is 10.0. The number of nitrogens with two attached hydrogens (primary N) is 1. The number of anilines is 1. The molecule has 35 heavy (non-hydrogen) atoms. The first-order chi connectivity index (χ1) is 16.8. The van der Waals surface area contributed by atoms with Crippen molar-refractivity contribution in [1.82, 2.24) is 24.4 Å². The second kappa shape index (κ2) is 10.1. The molecule has 188 valence electrons. The number of nitrogens with zero attached hydrogens (tertiary/aromatic N) is 6. The number of hydrogen-bond acceptors (Lipinski definition) is 10. The number of benzene rings is 1. The van der Waals surface area contributed by atoms with Gasteiger partial charge in [-0.3, -0.25) is 9.36 Å². The van der Waals surface area contributed by atoms with E-state index in [-0.39, 0.29) is 5.91 Å². The van der Waals surface area contributed by atoms with Crippen molar-refractivity contribution in [2.75, 3.05) is 39.8 Å². The molecular formula is C23H31N7O5. The van der Waals surface area contributed by atoms with Crippen molar-refractivity contribution < 1.29 is 24.5 Å². The second-order valence-electron chi connectivity index (χ2n) is 8.75. The normalized spacial score (nSPS) is 22.8. The molecule has 1 fully saturated rings.